The average molecular weight is 315 g/mol. The van der Waals surface area contributed by atoms with Crippen LogP contribution in [0.15, 0.2) is 0 Å². The predicted molar refractivity (Wildman–Crippen MR) is 51.0 cm³/mol. The fraction of sp³-hybridized carbons (Fsp3) is 0.833. The minimum atomic E-state index is -4.41. The molecule has 1 aliphatic heterocycles. The molecule has 94 valence electrons. The fourth-order valence-electron chi connectivity index (χ4n) is 1.49. The van der Waals surface area contributed by atoms with E-state index in [1.165, 1.54) is 5.01 Å². The molecule has 0 spiro atoms. The van der Waals surface area contributed by atoms with Gasteiger partial charge in [-0.2, -0.15) is 5.01 Å². The number of aliphatic carboxylic acids is 1. The van der Waals surface area contributed by atoms with Gasteiger partial charge in [0, 0.05) is 12.4 Å². The molecular formula is C6H11N3Na2O5S2. The third-order valence-corrected chi connectivity index (χ3v) is 3.36. The van der Waals surface area contributed by atoms with Crippen LogP contribution in [0.5, 0.6) is 0 Å². The quantitative estimate of drug-likeness (QED) is 0.298. The SMILES string of the molecule is CC1N(CC(=O)[O-])NC([S-])[NH+]1CS(=O)(=O)[O-].[Na+].[Na+]. The molecule has 0 aromatic rings. The third-order valence-electron chi connectivity index (χ3n) is 2.27. The van der Waals surface area contributed by atoms with Crippen LogP contribution in [0, 0.1) is 0 Å². The van der Waals surface area contributed by atoms with E-state index in [9.17, 15) is 22.9 Å². The first-order valence-electron chi connectivity index (χ1n) is 4.38. The van der Waals surface area contributed by atoms with Crippen molar-refractivity contribution < 1.29 is 86.9 Å². The van der Waals surface area contributed by atoms with Crippen molar-refractivity contribution >= 4 is 28.7 Å². The van der Waals surface area contributed by atoms with Gasteiger partial charge in [0.25, 0.3) is 0 Å². The minimum Gasteiger partial charge on any atom is -0.744 e. The minimum absolute atomic E-state index is 0. The van der Waals surface area contributed by atoms with Gasteiger partial charge in [-0.3, -0.25) is 0 Å². The Balaban J connectivity index is 0. The van der Waals surface area contributed by atoms with E-state index in [0.29, 0.717) is 0 Å². The molecule has 0 bridgehead atoms. The summed E-state index contributed by atoms with van der Waals surface area (Å²) >= 11 is 4.89. The first-order chi connectivity index (χ1) is 7.20. The summed E-state index contributed by atoms with van der Waals surface area (Å²) in [5, 5.41) is 11.6. The number of quaternary nitrogens is 1. The van der Waals surface area contributed by atoms with Gasteiger partial charge in [0.05, 0.1) is 12.5 Å². The molecule has 0 aromatic carbocycles. The number of carboxylic acid groups (broad SMARTS) is 1. The topological polar surface area (TPSA) is 117 Å². The molecule has 1 rings (SSSR count). The summed E-state index contributed by atoms with van der Waals surface area (Å²) in [6.07, 6.45) is -0.524. The smallest absolute Gasteiger partial charge is 0.744 e. The van der Waals surface area contributed by atoms with Crippen LogP contribution in [0.25, 0.3) is 0 Å². The Kier molecular flexibility index (Phi) is 10.7. The first-order valence-corrected chi connectivity index (χ1v) is 6.43. The van der Waals surface area contributed by atoms with Gasteiger partial charge in [-0.25, -0.2) is 13.8 Å². The molecule has 3 atom stereocenters. The van der Waals surface area contributed by atoms with Crippen molar-refractivity contribution in [2.24, 2.45) is 0 Å². The number of carbonyl (C=O) groups is 1. The van der Waals surface area contributed by atoms with Crippen LogP contribution in [0.2, 0.25) is 0 Å². The Morgan fingerprint density at radius 2 is 2.00 bits per heavy atom. The van der Waals surface area contributed by atoms with E-state index in [1.807, 2.05) is 0 Å². The molecule has 0 aromatic heterocycles. The van der Waals surface area contributed by atoms with Crippen LogP contribution in [0.1, 0.15) is 6.92 Å². The van der Waals surface area contributed by atoms with Gasteiger partial charge >= 0.3 is 59.1 Å². The zero-order valence-corrected chi connectivity index (χ0v) is 16.0. The molecule has 0 saturated carbocycles. The summed E-state index contributed by atoms with van der Waals surface area (Å²) in [6, 6.07) is 0. The second-order valence-corrected chi connectivity index (χ2v) is 5.34. The number of nitrogens with one attached hydrogen (secondary N) is 2. The van der Waals surface area contributed by atoms with E-state index in [-0.39, 0.29) is 64.0 Å². The van der Waals surface area contributed by atoms with Gasteiger partial charge in [-0.15, -0.1) is 0 Å². The van der Waals surface area contributed by atoms with Crippen molar-refractivity contribution in [3.05, 3.63) is 0 Å². The molecule has 0 amide bonds. The Bertz CT molecular complexity index is 381. The molecule has 0 radical (unpaired) electrons. The summed E-state index contributed by atoms with van der Waals surface area (Å²) in [4.78, 5) is 10.7. The van der Waals surface area contributed by atoms with Crippen LogP contribution < -0.4 is 74.5 Å². The van der Waals surface area contributed by atoms with Crippen LogP contribution in [-0.2, 0) is 27.5 Å². The molecule has 1 saturated heterocycles. The standard InChI is InChI=1S/C6H13N3O5S2.2Na/c1-4-8(3-16(12,13)14)6(15)7-9(4)2-5(10)11;;/h4,6-7,15H,2-3H2,1H3,(H,10,11)(H,12,13,14);;/q;2*+1/p-2. The molecule has 8 nitrogen and oxygen atoms in total. The summed E-state index contributed by atoms with van der Waals surface area (Å²) in [5.41, 5.74) is 1.84. The number of carboxylic acids is 1. The van der Waals surface area contributed by atoms with Crippen LogP contribution >= 0.6 is 0 Å². The van der Waals surface area contributed by atoms with E-state index in [4.69, 9.17) is 12.6 Å². The van der Waals surface area contributed by atoms with Crippen LogP contribution in [0.4, 0.5) is 0 Å². The van der Waals surface area contributed by atoms with E-state index in [0.717, 1.165) is 0 Å². The van der Waals surface area contributed by atoms with Crippen molar-refractivity contribution in [1.82, 2.24) is 10.4 Å². The number of carbonyl (C=O) groups excluding carboxylic acids is 1. The number of rotatable bonds is 4. The van der Waals surface area contributed by atoms with Crippen molar-refractivity contribution in [2.45, 2.75) is 18.6 Å². The van der Waals surface area contributed by atoms with Gasteiger partial charge < -0.3 is 32.0 Å². The zero-order chi connectivity index (χ0) is 12.5. The van der Waals surface area contributed by atoms with Gasteiger partial charge in [0.15, 0.2) is 12.0 Å². The Morgan fingerprint density at radius 3 is 2.39 bits per heavy atom. The molecule has 0 aliphatic carbocycles. The van der Waals surface area contributed by atoms with Crippen LogP contribution in [0.3, 0.4) is 0 Å². The molecule has 1 heterocycles. The van der Waals surface area contributed by atoms with E-state index in [2.05, 4.69) is 5.43 Å². The van der Waals surface area contributed by atoms with Crippen molar-refractivity contribution in [3.8, 4) is 0 Å². The average Bonchev–Trinajstić information content (AvgIpc) is 2.29. The molecule has 3 unspecified atom stereocenters. The van der Waals surface area contributed by atoms with Gasteiger partial charge in [-0.1, -0.05) is 0 Å². The second kappa shape index (κ2) is 8.80. The summed E-state index contributed by atoms with van der Waals surface area (Å²) in [6.45, 7) is 1.15. The van der Waals surface area contributed by atoms with Gasteiger partial charge in [-0.05, 0) is 0 Å². The monoisotopic (exact) mass is 315 g/mol. The molecular weight excluding hydrogens is 304 g/mol. The summed E-state index contributed by atoms with van der Waals surface area (Å²) in [5.74, 6) is -1.99. The number of nitrogens with zero attached hydrogens (tertiary/aromatic N) is 1. The molecule has 1 aliphatic rings. The second-order valence-electron chi connectivity index (χ2n) is 3.46. The Hall–Kier alpha value is 1.61. The number of hydrogen-bond donors (Lipinski definition) is 2. The number of hydrazine groups is 1. The number of hydrogen-bond acceptors (Lipinski definition) is 8. The molecule has 18 heavy (non-hydrogen) atoms. The molecule has 2 N–H and O–H groups in total. The van der Waals surface area contributed by atoms with E-state index >= 15 is 0 Å². The Labute approximate surface area is 155 Å². The van der Waals surface area contributed by atoms with Gasteiger partial charge in [0.2, 0.25) is 0 Å². The molecule has 1 fully saturated rings. The third kappa shape index (κ3) is 6.86. The van der Waals surface area contributed by atoms with E-state index < -0.39 is 40.2 Å². The summed E-state index contributed by atoms with van der Waals surface area (Å²) < 4.78 is 31.8. The fourth-order valence-corrected chi connectivity index (χ4v) is 2.82. The molecule has 12 heteroatoms. The first kappa shape index (κ1) is 21.9. The Morgan fingerprint density at radius 1 is 1.50 bits per heavy atom. The largest absolute Gasteiger partial charge is 1.00 e. The van der Waals surface area contributed by atoms with Crippen molar-refractivity contribution in [3.63, 3.8) is 0 Å². The maximum absolute atomic E-state index is 10.6. The maximum Gasteiger partial charge on any atom is 1.00 e. The normalized spacial score (nSPS) is 28.3. The summed E-state index contributed by atoms with van der Waals surface area (Å²) in [7, 11) is -4.41. The van der Waals surface area contributed by atoms with Crippen LogP contribution in [-0.4, -0.2) is 48.0 Å². The van der Waals surface area contributed by atoms with Gasteiger partial charge in [0.1, 0.15) is 10.1 Å². The van der Waals surface area contributed by atoms with Crippen molar-refractivity contribution in [1.29, 1.82) is 0 Å². The predicted octanol–water partition coefficient (Wildman–Crippen LogP) is -10.9. The van der Waals surface area contributed by atoms with Crippen molar-refractivity contribution in [2.75, 3.05) is 12.4 Å². The van der Waals surface area contributed by atoms with E-state index in [1.54, 1.807) is 6.92 Å². The maximum atomic E-state index is 10.6. The zero-order valence-electron chi connectivity index (χ0n) is 10.4.